The van der Waals surface area contributed by atoms with Gasteiger partial charge >= 0.3 is 0 Å². The first kappa shape index (κ1) is 12.0. The summed E-state index contributed by atoms with van der Waals surface area (Å²) in [6.45, 7) is 3.80. The molecule has 1 amide bonds. The average Bonchev–Trinajstić information content (AvgIpc) is 2.25. The molecule has 16 heavy (non-hydrogen) atoms. The number of nitrogens with zero attached hydrogens (tertiary/aromatic N) is 2. The molecular weight excluding hydrogens is 204 g/mol. The van der Waals surface area contributed by atoms with Crippen molar-refractivity contribution >= 4 is 11.6 Å². The number of rotatable bonds is 4. The summed E-state index contributed by atoms with van der Waals surface area (Å²) >= 11 is 0. The molecule has 1 aromatic rings. The lowest BCUT2D eigenvalue weighted by molar-refractivity contribution is -0.119. The Balaban J connectivity index is 2.78. The van der Waals surface area contributed by atoms with E-state index in [-0.39, 0.29) is 5.92 Å². The van der Waals surface area contributed by atoms with Crippen LogP contribution < -0.4 is 11.1 Å². The predicted octanol–water partition coefficient (Wildman–Crippen LogP) is 0.875. The van der Waals surface area contributed by atoms with Gasteiger partial charge in [0.25, 0.3) is 0 Å². The standard InChI is InChI=1S/C11H14N4O/c1-7(2)10(11(13)16)15-9-4-3-8(5-12)14-6-9/h3-4,6-7,10,15H,1-2H3,(H2,13,16). The van der Waals surface area contributed by atoms with E-state index < -0.39 is 11.9 Å². The third kappa shape index (κ3) is 2.95. The summed E-state index contributed by atoms with van der Waals surface area (Å²) in [6, 6.07) is 4.77. The first-order valence-electron chi connectivity index (χ1n) is 4.96. The predicted molar refractivity (Wildman–Crippen MR) is 60.4 cm³/mol. The summed E-state index contributed by atoms with van der Waals surface area (Å²) in [5, 5.41) is 11.6. The normalized spacial score (nSPS) is 11.9. The van der Waals surface area contributed by atoms with Gasteiger partial charge in [-0.3, -0.25) is 4.79 Å². The quantitative estimate of drug-likeness (QED) is 0.784. The van der Waals surface area contributed by atoms with Crippen LogP contribution in [0, 0.1) is 17.2 Å². The summed E-state index contributed by atoms with van der Waals surface area (Å²) in [5.74, 6) is -0.312. The molecule has 1 aromatic heterocycles. The number of nitrogens with one attached hydrogen (secondary N) is 1. The molecule has 0 aliphatic rings. The molecule has 84 valence electrons. The van der Waals surface area contributed by atoms with Crippen LogP contribution in [0.5, 0.6) is 0 Å². The Bertz CT molecular complexity index is 405. The van der Waals surface area contributed by atoms with Gasteiger partial charge in [-0.15, -0.1) is 0 Å². The fraction of sp³-hybridized carbons (Fsp3) is 0.364. The highest BCUT2D eigenvalue weighted by Crippen LogP contribution is 2.11. The first-order valence-corrected chi connectivity index (χ1v) is 4.96. The van der Waals surface area contributed by atoms with E-state index in [0.29, 0.717) is 11.4 Å². The second-order valence-corrected chi connectivity index (χ2v) is 3.81. The van der Waals surface area contributed by atoms with E-state index in [4.69, 9.17) is 11.0 Å². The van der Waals surface area contributed by atoms with Gasteiger partial charge in [-0.25, -0.2) is 4.98 Å². The summed E-state index contributed by atoms with van der Waals surface area (Å²) in [5.41, 5.74) is 6.28. The summed E-state index contributed by atoms with van der Waals surface area (Å²) < 4.78 is 0. The fourth-order valence-electron chi connectivity index (χ4n) is 1.29. The van der Waals surface area contributed by atoms with Crippen LogP contribution in [0.25, 0.3) is 0 Å². The van der Waals surface area contributed by atoms with E-state index in [1.54, 1.807) is 12.1 Å². The van der Waals surface area contributed by atoms with Gasteiger partial charge in [-0.2, -0.15) is 5.26 Å². The molecule has 0 saturated heterocycles. The number of nitrogens with two attached hydrogens (primary N) is 1. The number of nitriles is 1. The fourth-order valence-corrected chi connectivity index (χ4v) is 1.29. The van der Waals surface area contributed by atoms with Crippen molar-refractivity contribution in [2.45, 2.75) is 19.9 Å². The van der Waals surface area contributed by atoms with Gasteiger partial charge in [0, 0.05) is 0 Å². The molecule has 0 radical (unpaired) electrons. The number of hydrogen-bond donors (Lipinski definition) is 2. The lowest BCUT2D eigenvalue weighted by atomic mass is 10.0. The number of amides is 1. The molecule has 0 aromatic carbocycles. The number of anilines is 1. The van der Waals surface area contributed by atoms with E-state index in [1.807, 2.05) is 19.9 Å². The van der Waals surface area contributed by atoms with Crippen LogP contribution in [0.2, 0.25) is 0 Å². The molecule has 0 aliphatic heterocycles. The zero-order chi connectivity index (χ0) is 12.1. The second kappa shape index (κ2) is 5.12. The summed E-state index contributed by atoms with van der Waals surface area (Å²) in [6.07, 6.45) is 1.51. The Morgan fingerprint density at radius 1 is 1.56 bits per heavy atom. The minimum absolute atomic E-state index is 0.0909. The molecule has 0 fully saturated rings. The minimum atomic E-state index is -0.435. The van der Waals surface area contributed by atoms with Crippen molar-refractivity contribution in [3.63, 3.8) is 0 Å². The highest BCUT2D eigenvalue weighted by molar-refractivity contribution is 5.83. The number of pyridine rings is 1. The van der Waals surface area contributed by atoms with E-state index in [0.717, 1.165) is 0 Å². The second-order valence-electron chi connectivity index (χ2n) is 3.81. The van der Waals surface area contributed by atoms with Crippen molar-refractivity contribution in [2.24, 2.45) is 11.7 Å². The average molecular weight is 218 g/mol. The number of aromatic nitrogens is 1. The molecule has 1 atom stereocenters. The first-order chi connectivity index (χ1) is 7.54. The molecule has 5 heteroatoms. The van der Waals surface area contributed by atoms with Gasteiger partial charge < -0.3 is 11.1 Å². The Labute approximate surface area is 94.3 Å². The van der Waals surface area contributed by atoms with Crippen LogP contribution in [0.3, 0.4) is 0 Å². The largest absolute Gasteiger partial charge is 0.372 e. The van der Waals surface area contributed by atoms with Crippen molar-refractivity contribution in [3.8, 4) is 6.07 Å². The van der Waals surface area contributed by atoms with Crippen molar-refractivity contribution in [1.82, 2.24) is 4.98 Å². The molecule has 0 aliphatic carbocycles. The maximum absolute atomic E-state index is 11.2. The van der Waals surface area contributed by atoms with Gasteiger partial charge in [0.2, 0.25) is 5.91 Å². The molecule has 0 bridgehead atoms. The monoisotopic (exact) mass is 218 g/mol. The summed E-state index contributed by atoms with van der Waals surface area (Å²) in [7, 11) is 0. The molecule has 0 spiro atoms. The Kier molecular flexibility index (Phi) is 3.84. The van der Waals surface area contributed by atoms with Gasteiger partial charge in [0.15, 0.2) is 0 Å². The van der Waals surface area contributed by atoms with Crippen LogP contribution in [-0.4, -0.2) is 16.9 Å². The van der Waals surface area contributed by atoms with Gasteiger partial charge in [-0.05, 0) is 18.1 Å². The molecule has 1 heterocycles. The van der Waals surface area contributed by atoms with E-state index in [1.165, 1.54) is 6.20 Å². The van der Waals surface area contributed by atoms with Crippen molar-refractivity contribution in [3.05, 3.63) is 24.0 Å². The van der Waals surface area contributed by atoms with Crippen LogP contribution >= 0.6 is 0 Å². The van der Waals surface area contributed by atoms with Crippen molar-refractivity contribution in [1.29, 1.82) is 5.26 Å². The minimum Gasteiger partial charge on any atom is -0.372 e. The Hall–Kier alpha value is -2.09. The number of carbonyl (C=O) groups is 1. The third-order valence-electron chi connectivity index (χ3n) is 2.17. The van der Waals surface area contributed by atoms with Crippen LogP contribution in [-0.2, 0) is 4.79 Å². The highest BCUT2D eigenvalue weighted by atomic mass is 16.1. The summed E-state index contributed by atoms with van der Waals surface area (Å²) in [4.78, 5) is 15.0. The zero-order valence-electron chi connectivity index (χ0n) is 9.27. The zero-order valence-corrected chi connectivity index (χ0v) is 9.27. The van der Waals surface area contributed by atoms with Gasteiger partial charge in [0.1, 0.15) is 17.8 Å². The molecule has 5 nitrogen and oxygen atoms in total. The SMILES string of the molecule is CC(C)C(Nc1ccc(C#N)nc1)C(N)=O. The molecule has 1 unspecified atom stereocenters. The van der Waals surface area contributed by atoms with Crippen LogP contribution in [0.15, 0.2) is 18.3 Å². The molecule has 3 N–H and O–H groups in total. The van der Waals surface area contributed by atoms with Crippen LogP contribution in [0.1, 0.15) is 19.5 Å². The van der Waals surface area contributed by atoms with Gasteiger partial charge in [0.05, 0.1) is 11.9 Å². The van der Waals surface area contributed by atoms with Crippen LogP contribution in [0.4, 0.5) is 5.69 Å². The molecule has 1 rings (SSSR count). The Morgan fingerprint density at radius 3 is 2.62 bits per heavy atom. The molecule has 0 saturated carbocycles. The maximum atomic E-state index is 11.2. The number of primary amides is 1. The lowest BCUT2D eigenvalue weighted by Crippen LogP contribution is -2.39. The highest BCUT2D eigenvalue weighted by Gasteiger charge is 2.18. The van der Waals surface area contributed by atoms with Crippen molar-refractivity contribution in [2.75, 3.05) is 5.32 Å². The maximum Gasteiger partial charge on any atom is 0.240 e. The topological polar surface area (TPSA) is 91.8 Å². The smallest absolute Gasteiger partial charge is 0.240 e. The van der Waals surface area contributed by atoms with E-state index in [2.05, 4.69) is 10.3 Å². The van der Waals surface area contributed by atoms with E-state index in [9.17, 15) is 4.79 Å². The number of hydrogen-bond acceptors (Lipinski definition) is 4. The number of carbonyl (C=O) groups excluding carboxylic acids is 1. The Morgan fingerprint density at radius 2 is 2.25 bits per heavy atom. The van der Waals surface area contributed by atoms with Crippen molar-refractivity contribution < 1.29 is 4.79 Å². The lowest BCUT2D eigenvalue weighted by Gasteiger charge is -2.19. The third-order valence-corrected chi connectivity index (χ3v) is 2.17. The van der Waals surface area contributed by atoms with Gasteiger partial charge in [-0.1, -0.05) is 13.8 Å². The van der Waals surface area contributed by atoms with E-state index >= 15 is 0 Å². The molecular formula is C11H14N4O.